The fourth-order valence-electron chi connectivity index (χ4n) is 3.83. The van der Waals surface area contributed by atoms with Crippen LogP contribution in [0.15, 0.2) is 30.3 Å². The quantitative estimate of drug-likeness (QED) is 0.602. The molecular formula is C19H18Cl2N4O3. The molecule has 0 spiro atoms. The molecule has 1 saturated heterocycles. The Morgan fingerprint density at radius 1 is 1.11 bits per heavy atom. The van der Waals surface area contributed by atoms with Gasteiger partial charge in [0.05, 0.1) is 15.5 Å². The minimum atomic E-state index is -0.334. The molecule has 7 nitrogen and oxygen atoms in total. The number of carbonyl (C=O) groups is 1. The second-order valence-electron chi connectivity index (χ2n) is 6.80. The first-order valence-corrected chi connectivity index (χ1v) is 9.74. The maximum Gasteiger partial charge on any atom is 0.292 e. The number of fused-ring (bicyclic) bond motifs is 1. The highest BCUT2D eigenvalue weighted by Crippen LogP contribution is 2.40. The van der Waals surface area contributed by atoms with Crippen molar-refractivity contribution in [2.24, 2.45) is 0 Å². The van der Waals surface area contributed by atoms with Crippen LogP contribution in [-0.4, -0.2) is 48.5 Å². The Kier molecular flexibility index (Phi) is 5.03. The van der Waals surface area contributed by atoms with E-state index >= 15 is 0 Å². The number of halogens is 2. The lowest BCUT2D eigenvalue weighted by Gasteiger charge is -2.36. The van der Waals surface area contributed by atoms with Crippen LogP contribution < -0.4 is 10.2 Å². The lowest BCUT2D eigenvalue weighted by Crippen LogP contribution is -2.49. The fourth-order valence-corrected chi connectivity index (χ4v) is 4.32. The number of hydrogen-bond acceptors (Lipinski definition) is 5. The first kappa shape index (κ1) is 18.8. The SMILES string of the molecule is O=C(c1ccc(Cl)cc1Cl)N1CCN(c2c([N+](=O)[O-])ccc3c2CCN3)CC1. The molecular weight excluding hydrogens is 403 g/mol. The molecule has 146 valence electrons. The van der Waals surface area contributed by atoms with E-state index in [9.17, 15) is 14.9 Å². The molecule has 0 aliphatic carbocycles. The Bertz CT molecular complexity index is 958. The molecule has 1 amide bonds. The second-order valence-corrected chi connectivity index (χ2v) is 7.64. The van der Waals surface area contributed by atoms with Gasteiger partial charge in [-0.25, -0.2) is 0 Å². The summed E-state index contributed by atoms with van der Waals surface area (Å²) in [6, 6.07) is 8.14. The summed E-state index contributed by atoms with van der Waals surface area (Å²) < 4.78 is 0. The molecule has 2 aliphatic heterocycles. The van der Waals surface area contributed by atoms with Crippen molar-refractivity contribution in [3.05, 3.63) is 61.6 Å². The van der Waals surface area contributed by atoms with Gasteiger partial charge in [0.25, 0.3) is 11.6 Å². The number of amides is 1. The normalized spacial score (nSPS) is 15.9. The predicted molar refractivity (Wildman–Crippen MR) is 110 cm³/mol. The molecule has 0 radical (unpaired) electrons. The number of nitro benzene ring substituents is 1. The monoisotopic (exact) mass is 420 g/mol. The first-order valence-electron chi connectivity index (χ1n) is 8.99. The lowest BCUT2D eigenvalue weighted by atomic mass is 10.1. The molecule has 0 bridgehead atoms. The van der Waals surface area contributed by atoms with Crippen molar-refractivity contribution in [3.63, 3.8) is 0 Å². The summed E-state index contributed by atoms with van der Waals surface area (Å²) in [6.45, 7) is 2.75. The van der Waals surface area contributed by atoms with E-state index in [1.54, 1.807) is 35.2 Å². The van der Waals surface area contributed by atoms with E-state index in [1.807, 2.05) is 4.90 Å². The standard InChI is InChI=1S/C19H18Cl2N4O3/c20-12-1-2-13(15(21)11-12)19(26)24-9-7-23(8-10-24)18-14-5-6-22-16(14)3-4-17(18)25(27)28/h1-4,11,22H,5-10H2. The summed E-state index contributed by atoms with van der Waals surface area (Å²) >= 11 is 12.1. The zero-order chi connectivity index (χ0) is 19.8. The van der Waals surface area contributed by atoms with E-state index < -0.39 is 0 Å². The highest BCUT2D eigenvalue weighted by molar-refractivity contribution is 6.36. The zero-order valence-electron chi connectivity index (χ0n) is 15.0. The second kappa shape index (κ2) is 7.48. The van der Waals surface area contributed by atoms with Crippen LogP contribution in [0.1, 0.15) is 15.9 Å². The summed E-state index contributed by atoms with van der Waals surface area (Å²) in [5.74, 6) is -0.157. The van der Waals surface area contributed by atoms with Crippen LogP contribution in [0.2, 0.25) is 10.0 Å². The van der Waals surface area contributed by atoms with Crippen LogP contribution in [0.25, 0.3) is 0 Å². The van der Waals surface area contributed by atoms with E-state index in [1.165, 1.54) is 0 Å². The fraction of sp³-hybridized carbons (Fsp3) is 0.316. The molecule has 2 aromatic carbocycles. The number of nitro groups is 1. The largest absolute Gasteiger partial charge is 0.384 e. The number of nitrogens with one attached hydrogen (secondary N) is 1. The van der Waals surface area contributed by atoms with Crippen LogP contribution in [0.4, 0.5) is 17.1 Å². The van der Waals surface area contributed by atoms with Gasteiger partial charge in [0.15, 0.2) is 0 Å². The van der Waals surface area contributed by atoms with Gasteiger partial charge < -0.3 is 15.1 Å². The Hall–Kier alpha value is -2.51. The van der Waals surface area contributed by atoms with Gasteiger partial charge in [0, 0.05) is 55.1 Å². The topological polar surface area (TPSA) is 78.7 Å². The van der Waals surface area contributed by atoms with Crippen molar-refractivity contribution in [3.8, 4) is 0 Å². The van der Waals surface area contributed by atoms with Gasteiger partial charge in [-0.1, -0.05) is 23.2 Å². The lowest BCUT2D eigenvalue weighted by molar-refractivity contribution is -0.384. The molecule has 28 heavy (non-hydrogen) atoms. The van der Waals surface area contributed by atoms with Gasteiger partial charge in [-0.15, -0.1) is 0 Å². The Labute approximate surface area is 172 Å². The van der Waals surface area contributed by atoms with Gasteiger partial charge >= 0.3 is 0 Å². The summed E-state index contributed by atoms with van der Waals surface area (Å²) in [6.07, 6.45) is 0.756. The average molecular weight is 421 g/mol. The smallest absolute Gasteiger partial charge is 0.292 e. The van der Waals surface area contributed by atoms with Gasteiger partial charge in [-0.05, 0) is 30.7 Å². The summed E-state index contributed by atoms with van der Waals surface area (Å²) in [4.78, 5) is 27.8. The third kappa shape index (κ3) is 3.36. The predicted octanol–water partition coefficient (Wildman–Crippen LogP) is 3.83. The van der Waals surface area contributed by atoms with E-state index in [0.29, 0.717) is 47.5 Å². The molecule has 0 atom stereocenters. The number of benzene rings is 2. The van der Waals surface area contributed by atoms with Crippen LogP contribution in [0, 0.1) is 10.1 Å². The molecule has 1 fully saturated rings. The third-order valence-electron chi connectivity index (χ3n) is 5.19. The minimum Gasteiger partial charge on any atom is -0.384 e. The van der Waals surface area contributed by atoms with E-state index in [4.69, 9.17) is 23.2 Å². The number of piperazine rings is 1. The maximum absolute atomic E-state index is 12.8. The zero-order valence-corrected chi connectivity index (χ0v) is 16.5. The number of hydrogen-bond donors (Lipinski definition) is 1. The molecule has 1 N–H and O–H groups in total. The van der Waals surface area contributed by atoms with Crippen LogP contribution in [0.5, 0.6) is 0 Å². The van der Waals surface area contributed by atoms with Crippen molar-refractivity contribution in [2.75, 3.05) is 42.9 Å². The summed E-state index contributed by atoms with van der Waals surface area (Å²) in [5, 5.41) is 15.6. The van der Waals surface area contributed by atoms with Crippen molar-refractivity contribution < 1.29 is 9.72 Å². The number of carbonyl (C=O) groups excluding carboxylic acids is 1. The maximum atomic E-state index is 12.8. The van der Waals surface area contributed by atoms with Crippen molar-refractivity contribution in [1.82, 2.24) is 4.90 Å². The molecule has 9 heteroatoms. The van der Waals surface area contributed by atoms with Crippen molar-refractivity contribution >= 4 is 46.2 Å². The number of anilines is 2. The van der Waals surface area contributed by atoms with E-state index in [2.05, 4.69) is 5.32 Å². The Morgan fingerprint density at radius 3 is 2.54 bits per heavy atom. The Morgan fingerprint density at radius 2 is 1.86 bits per heavy atom. The van der Waals surface area contributed by atoms with Gasteiger partial charge in [-0.2, -0.15) is 0 Å². The molecule has 2 aliphatic rings. The number of nitrogens with zero attached hydrogens (tertiary/aromatic N) is 3. The van der Waals surface area contributed by atoms with Crippen LogP contribution in [0.3, 0.4) is 0 Å². The molecule has 0 aromatic heterocycles. The molecule has 0 unspecified atom stereocenters. The molecule has 4 rings (SSSR count). The Balaban J connectivity index is 1.54. The van der Waals surface area contributed by atoms with Crippen molar-refractivity contribution in [2.45, 2.75) is 6.42 Å². The highest BCUT2D eigenvalue weighted by Gasteiger charge is 2.31. The van der Waals surface area contributed by atoms with Gasteiger partial charge in [0.2, 0.25) is 0 Å². The average Bonchev–Trinajstić information content (AvgIpc) is 3.15. The summed E-state index contributed by atoms with van der Waals surface area (Å²) in [5.41, 5.74) is 3.13. The van der Waals surface area contributed by atoms with Crippen LogP contribution in [-0.2, 0) is 6.42 Å². The van der Waals surface area contributed by atoms with Gasteiger partial charge in [-0.3, -0.25) is 14.9 Å². The first-order chi connectivity index (χ1) is 13.5. The van der Waals surface area contributed by atoms with Crippen LogP contribution >= 0.6 is 23.2 Å². The van der Waals surface area contributed by atoms with E-state index in [-0.39, 0.29) is 16.5 Å². The highest BCUT2D eigenvalue weighted by atomic mass is 35.5. The number of rotatable bonds is 3. The van der Waals surface area contributed by atoms with Crippen molar-refractivity contribution in [1.29, 1.82) is 0 Å². The van der Waals surface area contributed by atoms with E-state index in [0.717, 1.165) is 24.2 Å². The van der Waals surface area contributed by atoms with Gasteiger partial charge in [0.1, 0.15) is 5.69 Å². The molecule has 0 saturated carbocycles. The summed E-state index contributed by atoms with van der Waals surface area (Å²) in [7, 11) is 0. The minimum absolute atomic E-state index is 0.114. The molecule has 2 heterocycles. The third-order valence-corrected chi connectivity index (χ3v) is 5.74. The molecule has 2 aromatic rings.